The van der Waals surface area contributed by atoms with Crippen molar-refractivity contribution in [3.63, 3.8) is 0 Å². The maximum absolute atomic E-state index is 6.32. The molecule has 0 amide bonds. The maximum Gasteiger partial charge on any atom is 0.151 e. The van der Waals surface area contributed by atoms with Gasteiger partial charge in [-0.2, -0.15) is 0 Å². The van der Waals surface area contributed by atoms with Gasteiger partial charge in [-0.1, -0.05) is 42.5 Å². The third-order valence-corrected chi connectivity index (χ3v) is 3.82. The summed E-state index contributed by atoms with van der Waals surface area (Å²) in [4.78, 5) is 9.15. The largest absolute Gasteiger partial charge is 0.497 e. The SMILES string of the molecule is C=C(OC)c1ccc2nc(C3C=CC=CC3)c(Cl)nc2c1. The van der Waals surface area contributed by atoms with Crippen molar-refractivity contribution in [3.8, 4) is 0 Å². The van der Waals surface area contributed by atoms with Crippen LogP contribution in [0.1, 0.15) is 23.6 Å². The van der Waals surface area contributed by atoms with E-state index in [1.807, 2.05) is 30.4 Å². The van der Waals surface area contributed by atoms with Gasteiger partial charge in [-0.3, -0.25) is 0 Å². The lowest BCUT2D eigenvalue weighted by Crippen LogP contribution is -2.03. The van der Waals surface area contributed by atoms with Crippen LogP contribution in [0.4, 0.5) is 0 Å². The van der Waals surface area contributed by atoms with Gasteiger partial charge in [-0.25, -0.2) is 9.97 Å². The number of nitrogens with zero attached hydrogens (tertiary/aromatic N) is 2. The number of fused-ring (bicyclic) bond motifs is 1. The van der Waals surface area contributed by atoms with Crippen LogP contribution in [0.25, 0.3) is 16.8 Å². The number of allylic oxidation sites excluding steroid dienone is 4. The van der Waals surface area contributed by atoms with Gasteiger partial charge in [0.2, 0.25) is 0 Å². The molecule has 3 nitrogen and oxygen atoms in total. The number of aromatic nitrogens is 2. The number of hydrogen-bond acceptors (Lipinski definition) is 3. The fourth-order valence-electron chi connectivity index (χ4n) is 2.36. The van der Waals surface area contributed by atoms with E-state index in [1.165, 1.54) is 0 Å². The third-order valence-electron chi connectivity index (χ3n) is 3.55. The number of hydrogen-bond donors (Lipinski definition) is 0. The molecule has 1 aliphatic rings. The first-order chi connectivity index (χ1) is 10.2. The second-order valence-corrected chi connectivity index (χ2v) is 5.24. The Labute approximate surface area is 128 Å². The molecule has 0 radical (unpaired) electrons. The zero-order chi connectivity index (χ0) is 14.8. The number of methoxy groups -OCH3 is 1. The highest BCUT2D eigenvalue weighted by Crippen LogP contribution is 2.30. The predicted octanol–water partition coefficient (Wildman–Crippen LogP) is 4.50. The fourth-order valence-corrected chi connectivity index (χ4v) is 2.63. The molecule has 0 fully saturated rings. The highest BCUT2D eigenvalue weighted by atomic mass is 35.5. The molecule has 1 aromatic carbocycles. The van der Waals surface area contributed by atoms with E-state index in [0.717, 1.165) is 28.7 Å². The predicted molar refractivity (Wildman–Crippen MR) is 86.2 cm³/mol. The van der Waals surface area contributed by atoms with Crippen molar-refractivity contribution in [3.05, 3.63) is 65.5 Å². The van der Waals surface area contributed by atoms with E-state index in [9.17, 15) is 0 Å². The number of benzene rings is 1. The van der Waals surface area contributed by atoms with Crippen molar-refractivity contribution >= 4 is 28.4 Å². The van der Waals surface area contributed by atoms with Crippen LogP contribution in [0.15, 0.2) is 49.1 Å². The van der Waals surface area contributed by atoms with Crippen molar-refractivity contribution in [2.24, 2.45) is 0 Å². The quantitative estimate of drug-likeness (QED) is 0.783. The van der Waals surface area contributed by atoms with E-state index in [0.29, 0.717) is 10.9 Å². The molecule has 1 unspecified atom stereocenters. The molecule has 1 aromatic heterocycles. The molecule has 0 saturated carbocycles. The standard InChI is InChI=1S/C17H15ClN2O/c1-11(21-2)13-8-9-14-15(10-13)20-17(18)16(19-14)12-6-4-3-5-7-12/h3-6,8-10,12H,1,7H2,2H3. The summed E-state index contributed by atoms with van der Waals surface area (Å²) in [5.74, 6) is 0.785. The lowest BCUT2D eigenvalue weighted by molar-refractivity contribution is 0.371. The van der Waals surface area contributed by atoms with Crippen LogP contribution in [0.3, 0.4) is 0 Å². The van der Waals surface area contributed by atoms with Crippen LogP contribution in [-0.4, -0.2) is 17.1 Å². The smallest absolute Gasteiger partial charge is 0.151 e. The molecule has 0 bridgehead atoms. The molecule has 2 aromatic rings. The van der Waals surface area contributed by atoms with E-state index in [-0.39, 0.29) is 5.92 Å². The maximum atomic E-state index is 6.32. The molecule has 0 aliphatic heterocycles. The van der Waals surface area contributed by atoms with Crippen LogP contribution in [0.2, 0.25) is 5.15 Å². The van der Waals surface area contributed by atoms with Crippen molar-refractivity contribution < 1.29 is 4.74 Å². The summed E-state index contributed by atoms with van der Waals surface area (Å²) in [5.41, 5.74) is 3.27. The average molecular weight is 299 g/mol. The van der Waals surface area contributed by atoms with Gasteiger partial charge < -0.3 is 4.74 Å². The van der Waals surface area contributed by atoms with Gasteiger partial charge in [-0.05, 0) is 24.6 Å². The summed E-state index contributed by atoms with van der Waals surface area (Å²) in [6.07, 6.45) is 9.15. The average Bonchev–Trinajstić information content (AvgIpc) is 2.53. The number of ether oxygens (including phenoxy) is 1. The molecule has 3 rings (SSSR count). The van der Waals surface area contributed by atoms with Gasteiger partial charge >= 0.3 is 0 Å². The van der Waals surface area contributed by atoms with Crippen LogP contribution in [0.5, 0.6) is 0 Å². The van der Waals surface area contributed by atoms with Crippen LogP contribution >= 0.6 is 11.6 Å². The monoisotopic (exact) mass is 298 g/mol. The molecule has 1 atom stereocenters. The van der Waals surface area contributed by atoms with Crippen molar-refractivity contribution in [2.75, 3.05) is 7.11 Å². The zero-order valence-corrected chi connectivity index (χ0v) is 12.5. The highest BCUT2D eigenvalue weighted by molar-refractivity contribution is 6.30. The van der Waals surface area contributed by atoms with Crippen LogP contribution in [0, 0.1) is 0 Å². The Bertz CT molecular complexity index is 765. The summed E-state index contributed by atoms with van der Waals surface area (Å²) in [6.45, 7) is 3.84. The number of halogens is 1. The second-order valence-electron chi connectivity index (χ2n) is 4.89. The minimum absolute atomic E-state index is 0.188. The Morgan fingerprint density at radius 2 is 2.14 bits per heavy atom. The molecule has 21 heavy (non-hydrogen) atoms. The molecule has 1 aliphatic carbocycles. The van der Waals surface area contributed by atoms with Gasteiger partial charge in [0.15, 0.2) is 5.15 Å². The first-order valence-corrected chi connectivity index (χ1v) is 7.10. The van der Waals surface area contributed by atoms with Gasteiger partial charge in [0, 0.05) is 11.5 Å². The summed E-state index contributed by atoms with van der Waals surface area (Å²) in [5, 5.41) is 0.452. The van der Waals surface area contributed by atoms with Gasteiger partial charge in [0.25, 0.3) is 0 Å². The van der Waals surface area contributed by atoms with E-state index in [1.54, 1.807) is 7.11 Å². The molecule has 106 valence electrons. The molecule has 4 heteroatoms. The Morgan fingerprint density at radius 1 is 1.29 bits per heavy atom. The molecular weight excluding hydrogens is 284 g/mol. The first kappa shape index (κ1) is 13.8. The van der Waals surface area contributed by atoms with Crippen molar-refractivity contribution in [1.82, 2.24) is 9.97 Å². The second kappa shape index (κ2) is 5.70. The lowest BCUT2D eigenvalue weighted by atomic mass is 9.97. The number of rotatable bonds is 3. The van der Waals surface area contributed by atoms with Crippen molar-refractivity contribution in [2.45, 2.75) is 12.3 Å². The Kier molecular flexibility index (Phi) is 3.76. The first-order valence-electron chi connectivity index (χ1n) is 6.73. The lowest BCUT2D eigenvalue weighted by Gasteiger charge is -2.14. The summed E-state index contributed by atoms with van der Waals surface area (Å²) >= 11 is 6.32. The normalized spacial score (nSPS) is 17.1. The molecular formula is C17H15ClN2O. The summed E-state index contributed by atoms with van der Waals surface area (Å²) < 4.78 is 5.14. The van der Waals surface area contributed by atoms with Gasteiger partial charge in [-0.15, -0.1) is 0 Å². The highest BCUT2D eigenvalue weighted by Gasteiger charge is 2.16. The van der Waals surface area contributed by atoms with E-state index in [2.05, 4.69) is 28.7 Å². The van der Waals surface area contributed by atoms with E-state index in [4.69, 9.17) is 16.3 Å². The summed E-state index contributed by atoms with van der Waals surface area (Å²) in [6, 6.07) is 5.74. The minimum atomic E-state index is 0.188. The van der Waals surface area contributed by atoms with Crippen LogP contribution in [-0.2, 0) is 4.74 Å². The Balaban J connectivity index is 2.06. The molecule has 0 spiro atoms. The Hall–Kier alpha value is -2.13. The topological polar surface area (TPSA) is 35.0 Å². The fraction of sp³-hybridized carbons (Fsp3) is 0.176. The zero-order valence-electron chi connectivity index (χ0n) is 11.7. The summed E-state index contributed by atoms with van der Waals surface area (Å²) in [7, 11) is 1.59. The Morgan fingerprint density at radius 3 is 2.86 bits per heavy atom. The van der Waals surface area contributed by atoms with Crippen molar-refractivity contribution in [1.29, 1.82) is 0 Å². The van der Waals surface area contributed by atoms with Gasteiger partial charge in [0.1, 0.15) is 5.76 Å². The van der Waals surface area contributed by atoms with Crippen LogP contribution < -0.4 is 0 Å². The van der Waals surface area contributed by atoms with Gasteiger partial charge in [0.05, 0.1) is 23.8 Å². The third kappa shape index (κ3) is 2.69. The molecule has 0 saturated heterocycles. The molecule has 0 N–H and O–H groups in total. The van der Waals surface area contributed by atoms with E-state index >= 15 is 0 Å². The molecule has 1 heterocycles. The van der Waals surface area contributed by atoms with E-state index < -0.39 is 0 Å². The minimum Gasteiger partial charge on any atom is -0.497 e.